The molecule has 0 unspecified atom stereocenters. The molecule has 0 aliphatic carbocycles. The first kappa shape index (κ1) is 23.1. The molecule has 3 aromatic rings. The summed E-state index contributed by atoms with van der Waals surface area (Å²) in [6, 6.07) is 18.1. The van der Waals surface area contributed by atoms with Gasteiger partial charge in [-0.15, -0.1) is 0 Å². The molecular formula is C26H27N3O5. The van der Waals surface area contributed by atoms with Crippen molar-refractivity contribution in [2.45, 2.75) is 26.3 Å². The maximum atomic E-state index is 12.5. The summed E-state index contributed by atoms with van der Waals surface area (Å²) in [6.45, 7) is 2.50. The zero-order valence-corrected chi connectivity index (χ0v) is 19.0. The van der Waals surface area contributed by atoms with Gasteiger partial charge in [0.15, 0.2) is 6.61 Å². The van der Waals surface area contributed by atoms with Crippen molar-refractivity contribution in [2.75, 3.05) is 23.4 Å². The van der Waals surface area contributed by atoms with Crippen LogP contribution in [0.15, 0.2) is 71.3 Å². The number of hydrogen-bond donors (Lipinski definition) is 2. The third kappa shape index (κ3) is 5.64. The van der Waals surface area contributed by atoms with Crippen LogP contribution in [-0.4, -0.2) is 30.9 Å². The van der Waals surface area contributed by atoms with Crippen LogP contribution in [0.3, 0.4) is 0 Å². The zero-order valence-electron chi connectivity index (χ0n) is 19.0. The fourth-order valence-corrected chi connectivity index (χ4v) is 3.87. The number of amides is 3. The Morgan fingerprint density at radius 3 is 2.62 bits per heavy atom. The number of furan rings is 1. The number of aryl methyl sites for hydroxylation is 1. The van der Waals surface area contributed by atoms with Gasteiger partial charge in [0.1, 0.15) is 11.5 Å². The maximum Gasteiger partial charge on any atom is 0.262 e. The number of nitrogens with zero attached hydrogens (tertiary/aromatic N) is 1. The monoisotopic (exact) mass is 461 g/mol. The molecule has 0 saturated carbocycles. The van der Waals surface area contributed by atoms with E-state index in [4.69, 9.17) is 9.15 Å². The van der Waals surface area contributed by atoms with Gasteiger partial charge in [0.2, 0.25) is 11.8 Å². The van der Waals surface area contributed by atoms with E-state index in [1.807, 2.05) is 31.2 Å². The summed E-state index contributed by atoms with van der Waals surface area (Å²) in [6.07, 6.45) is 2.52. The number of hydrogen-bond acceptors (Lipinski definition) is 5. The normalized spacial score (nSPS) is 15.3. The largest absolute Gasteiger partial charge is 0.484 e. The van der Waals surface area contributed by atoms with Gasteiger partial charge in [-0.2, -0.15) is 0 Å². The molecule has 3 amide bonds. The molecule has 1 aromatic heterocycles. The zero-order chi connectivity index (χ0) is 23.9. The van der Waals surface area contributed by atoms with Crippen molar-refractivity contribution in [2.24, 2.45) is 5.92 Å². The number of nitrogens with one attached hydrogen (secondary N) is 2. The van der Waals surface area contributed by atoms with Crippen LogP contribution in [0.2, 0.25) is 0 Å². The van der Waals surface area contributed by atoms with Crippen LogP contribution in [-0.2, 0) is 27.3 Å². The maximum absolute atomic E-state index is 12.5. The quantitative estimate of drug-likeness (QED) is 0.508. The molecule has 4 rings (SSSR count). The summed E-state index contributed by atoms with van der Waals surface area (Å²) in [5.74, 6) is 0.218. The van der Waals surface area contributed by atoms with E-state index >= 15 is 0 Å². The van der Waals surface area contributed by atoms with Gasteiger partial charge in [0, 0.05) is 24.3 Å². The average Bonchev–Trinajstić information content (AvgIpc) is 3.52. The molecule has 0 spiro atoms. The summed E-state index contributed by atoms with van der Waals surface area (Å²) in [7, 11) is 0. The van der Waals surface area contributed by atoms with Gasteiger partial charge in [-0.1, -0.05) is 25.1 Å². The Balaban J connectivity index is 1.27. The molecule has 1 fully saturated rings. The molecule has 1 atom stereocenters. The first-order chi connectivity index (χ1) is 16.5. The van der Waals surface area contributed by atoms with Crippen molar-refractivity contribution in [1.82, 2.24) is 5.32 Å². The lowest BCUT2D eigenvalue weighted by molar-refractivity contribution is -0.126. The number of carbonyl (C=O) groups excluding carboxylic acids is 3. The second-order valence-electron chi connectivity index (χ2n) is 8.04. The van der Waals surface area contributed by atoms with Gasteiger partial charge in [-0.05, 0) is 54.4 Å². The Morgan fingerprint density at radius 2 is 1.88 bits per heavy atom. The molecule has 34 heavy (non-hydrogen) atoms. The van der Waals surface area contributed by atoms with E-state index in [-0.39, 0.29) is 30.7 Å². The first-order valence-corrected chi connectivity index (χ1v) is 11.2. The molecule has 2 N–H and O–H groups in total. The molecule has 0 radical (unpaired) electrons. The number of para-hydroxylation sites is 1. The lowest BCUT2D eigenvalue weighted by Crippen LogP contribution is -2.32. The number of rotatable bonds is 9. The van der Waals surface area contributed by atoms with Crippen LogP contribution < -0.4 is 20.3 Å². The van der Waals surface area contributed by atoms with E-state index < -0.39 is 5.92 Å². The van der Waals surface area contributed by atoms with E-state index in [9.17, 15) is 14.4 Å². The standard InChI is InChI=1S/C26H27N3O5/c1-2-18-6-3-4-8-23(18)28-24(30)17-34-21-11-9-20(10-12-21)29-16-19(14-25(29)31)26(32)27-15-22-7-5-13-33-22/h3-13,19H,2,14-17H2,1H3,(H,27,32)(H,28,30)/t19-/m0/s1. The summed E-state index contributed by atoms with van der Waals surface area (Å²) < 4.78 is 10.8. The SMILES string of the molecule is CCc1ccccc1NC(=O)COc1ccc(N2C[C@@H](C(=O)NCc3ccco3)CC2=O)cc1. The lowest BCUT2D eigenvalue weighted by Gasteiger charge is -2.17. The molecule has 1 aliphatic rings. The van der Waals surface area contributed by atoms with E-state index in [0.29, 0.717) is 30.3 Å². The Kier molecular flexibility index (Phi) is 7.27. The van der Waals surface area contributed by atoms with E-state index in [2.05, 4.69) is 10.6 Å². The summed E-state index contributed by atoms with van der Waals surface area (Å²) in [5.41, 5.74) is 2.52. The smallest absolute Gasteiger partial charge is 0.262 e. The van der Waals surface area contributed by atoms with Gasteiger partial charge in [0.05, 0.1) is 18.7 Å². The third-order valence-corrected chi connectivity index (χ3v) is 5.70. The Bertz CT molecular complexity index is 1140. The number of ether oxygens (including phenoxy) is 1. The number of carbonyl (C=O) groups is 3. The van der Waals surface area contributed by atoms with Crippen molar-refractivity contribution >= 4 is 29.1 Å². The topological polar surface area (TPSA) is 101 Å². The van der Waals surface area contributed by atoms with Crippen molar-refractivity contribution in [3.8, 4) is 5.75 Å². The summed E-state index contributed by atoms with van der Waals surface area (Å²) in [5, 5.41) is 5.68. The Labute approximate surface area is 197 Å². The van der Waals surface area contributed by atoms with Crippen LogP contribution in [0.25, 0.3) is 0 Å². The minimum atomic E-state index is -0.423. The fraction of sp³-hybridized carbons (Fsp3) is 0.269. The summed E-state index contributed by atoms with van der Waals surface area (Å²) >= 11 is 0. The summed E-state index contributed by atoms with van der Waals surface area (Å²) in [4.78, 5) is 38.8. The highest BCUT2D eigenvalue weighted by atomic mass is 16.5. The molecule has 176 valence electrons. The molecule has 1 saturated heterocycles. The van der Waals surface area contributed by atoms with Gasteiger partial charge in [-0.25, -0.2) is 0 Å². The highest BCUT2D eigenvalue weighted by molar-refractivity contribution is 6.00. The molecule has 0 bridgehead atoms. The van der Waals surface area contributed by atoms with Crippen molar-refractivity contribution in [3.63, 3.8) is 0 Å². The van der Waals surface area contributed by atoms with Gasteiger partial charge >= 0.3 is 0 Å². The lowest BCUT2D eigenvalue weighted by atomic mass is 10.1. The van der Waals surface area contributed by atoms with Crippen LogP contribution in [0.4, 0.5) is 11.4 Å². The van der Waals surface area contributed by atoms with Crippen LogP contribution in [0.5, 0.6) is 5.75 Å². The Morgan fingerprint density at radius 1 is 1.09 bits per heavy atom. The highest BCUT2D eigenvalue weighted by Crippen LogP contribution is 2.27. The van der Waals surface area contributed by atoms with E-state index in [1.165, 1.54) is 0 Å². The van der Waals surface area contributed by atoms with Crippen LogP contribution in [0, 0.1) is 5.92 Å². The van der Waals surface area contributed by atoms with E-state index in [1.54, 1.807) is 47.6 Å². The van der Waals surface area contributed by atoms with Crippen molar-refractivity contribution in [3.05, 3.63) is 78.3 Å². The fourth-order valence-electron chi connectivity index (χ4n) is 3.87. The molecule has 8 heteroatoms. The molecule has 2 heterocycles. The average molecular weight is 462 g/mol. The number of anilines is 2. The Hall–Kier alpha value is -4.07. The molecular weight excluding hydrogens is 434 g/mol. The molecule has 2 aromatic carbocycles. The van der Waals surface area contributed by atoms with Crippen LogP contribution in [0.1, 0.15) is 24.7 Å². The van der Waals surface area contributed by atoms with Gasteiger partial charge in [0.25, 0.3) is 5.91 Å². The van der Waals surface area contributed by atoms with Crippen LogP contribution >= 0.6 is 0 Å². The first-order valence-electron chi connectivity index (χ1n) is 11.2. The van der Waals surface area contributed by atoms with Crippen molar-refractivity contribution < 1.29 is 23.5 Å². The predicted octanol–water partition coefficient (Wildman–Crippen LogP) is 3.53. The van der Waals surface area contributed by atoms with Gasteiger partial charge < -0.3 is 24.7 Å². The highest BCUT2D eigenvalue weighted by Gasteiger charge is 2.35. The second-order valence-corrected chi connectivity index (χ2v) is 8.04. The van der Waals surface area contributed by atoms with Gasteiger partial charge in [-0.3, -0.25) is 14.4 Å². The predicted molar refractivity (Wildman–Crippen MR) is 127 cm³/mol. The third-order valence-electron chi connectivity index (χ3n) is 5.70. The van der Waals surface area contributed by atoms with E-state index in [0.717, 1.165) is 17.7 Å². The minimum Gasteiger partial charge on any atom is -0.484 e. The second kappa shape index (κ2) is 10.7. The van der Waals surface area contributed by atoms with Crippen molar-refractivity contribution in [1.29, 1.82) is 0 Å². The molecule has 1 aliphatic heterocycles. The number of benzene rings is 2. The molecule has 8 nitrogen and oxygen atoms in total. The minimum absolute atomic E-state index is 0.110.